The molecule has 1 heterocycles. The number of ketones is 1. The van der Waals surface area contributed by atoms with E-state index < -0.39 is 0 Å². The Hall–Kier alpha value is -0.310. The van der Waals surface area contributed by atoms with E-state index in [-0.39, 0.29) is 22.6 Å². The summed E-state index contributed by atoms with van der Waals surface area (Å²) in [4.78, 5) is 20.9. The quantitative estimate of drug-likeness (QED) is 0.450. The van der Waals surface area contributed by atoms with Crippen LogP contribution in [-0.2, 0) is 9.59 Å². The normalized spacial score (nSPS) is 29.4. The molecule has 1 atom stereocenters. The zero-order valence-corrected chi connectivity index (χ0v) is 5.33. The van der Waals surface area contributed by atoms with Gasteiger partial charge in [0.25, 0.3) is 0 Å². The second-order valence-electron chi connectivity index (χ2n) is 1.78. The van der Waals surface area contributed by atoms with Crippen molar-refractivity contribution in [1.82, 2.24) is 0 Å². The molecule has 1 rings (SSSR count). The van der Waals surface area contributed by atoms with Gasteiger partial charge >= 0.3 is 0 Å². The van der Waals surface area contributed by atoms with Gasteiger partial charge in [-0.05, 0) is 6.92 Å². The van der Waals surface area contributed by atoms with Gasteiger partial charge in [0, 0.05) is 0 Å². The Kier molecular flexibility index (Phi) is 1.38. The van der Waals surface area contributed by atoms with E-state index in [2.05, 4.69) is 0 Å². The second-order valence-corrected chi connectivity index (χ2v) is 3.17. The highest BCUT2D eigenvalue weighted by atomic mass is 32.2. The molecule has 0 amide bonds. The molecule has 8 heavy (non-hydrogen) atoms. The maximum atomic E-state index is 10.5. The number of rotatable bonds is 0. The first-order chi connectivity index (χ1) is 3.70. The largest absolute Gasteiger partial charge is 0.298 e. The molecule has 1 saturated heterocycles. The minimum absolute atomic E-state index is 0.0162. The Bertz CT molecular complexity index is 141. The standard InChI is InChI=1S/C5H6O2S/c1-3-4(6)2-5(7)8-3/h3H,2H2,1H3/t3-/m1/s1. The van der Waals surface area contributed by atoms with Crippen molar-refractivity contribution in [1.29, 1.82) is 0 Å². The van der Waals surface area contributed by atoms with Crippen LogP contribution >= 0.6 is 11.8 Å². The lowest BCUT2D eigenvalue weighted by Gasteiger charge is -1.89. The van der Waals surface area contributed by atoms with Crippen LogP contribution in [0.25, 0.3) is 0 Å². The topological polar surface area (TPSA) is 34.1 Å². The summed E-state index contributed by atoms with van der Waals surface area (Å²) in [5.74, 6) is 0.0694. The third-order valence-corrected chi connectivity index (χ3v) is 2.10. The van der Waals surface area contributed by atoms with Crippen LogP contribution in [0.15, 0.2) is 0 Å². The smallest absolute Gasteiger partial charge is 0.197 e. The van der Waals surface area contributed by atoms with E-state index in [4.69, 9.17) is 0 Å². The summed E-state index contributed by atoms with van der Waals surface area (Å²) in [7, 11) is 0. The molecule has 0 saturated carbocycles. The number of Topliss-reactive ketones (excluding diaryl/α,β-unsaturated/α-hetero) is 1. The minimum Gasteiger partial charge on any atom is -0.298 e. The van der Waals surface area contributed by atoms with Crippen LogP contribution in [0.5, 0.6) is 0 Å². The summed E-state index contributed by atoms with van der Waals surface area (Å²) < 4.78 is 0. The lowest BCUT2D eigenvalue weighted by Crippen LogP contribution is -2.03. The van der Waals surface area contributed by atoms with Gasteiger partial charge in [0.05, 0.1) is 11.7 Å². The molecule has 0 bridgehead atoms. The first-order valence-corrected chi connectivity index (χ1v) is 3.30. The molecule has 1 aliphatic rings. The molecular formula is C5H6O2S. The fourth-order valence-corrected chi connectivity index (χ4v) is 1.43. The lowest BCUT2D eigenvalue weighted by atomic mass is 10.2. The highest BCUT2D eigenvalue weighted by Crippen LogP contribution is 2.23. The first kappa shape index (κ1) is 5.82. The first-order valence-electron chi connectivity index (χ1n) is 2.42. The summed E-state index contributed by atoms with van der Waals surface area (Å²) in [6, 6.07) is 0. The number of carbonyl (C=O) groups is 2. The number of hydrogen-bond acceptors (Lipinski definition) is 3. The molecule has 0 spiro atoms. The third kappa shape index (κ3) is 0.916. The summed E-state index contributed by atoms with van der Waals surface area (Å²) >= 11 is 1.14. The molecule has 0 aromatic rings. The molecular weight excluding hydrogens is 124 g/mol. The number of hydrogen-bond donors (Lipinski definition) is 0. The molecule has 2 nitrogen and oxygen atoms in total. The maximum Gasteiger partial charge on any atom is 0.197 e. The van der Waals surface area contributed by atoms with Crippen molar-refractivity contribution in [3.8, 4) is 0 Å². The zero-order chi connectivity index (χ0) is 6.15. The molecule has 0 unspecified atom stereocenters. The Balaban J connectivity index is 2.64. The maximum absolute atomic E-state index is 10.5. The van der Waals surface area contributed by atoms with E-state index in [1.54, 1.807) is 6.92 Å². The summed E-state index contributed by atoms with van der Waals surface area (Å²) in [6.07, 6.45) is 0.145. The third-order valence-electron chi connectivity index (χ3n) is 1.08. The molecule has 0 aliphatic carbocycles. The molecule has 1 fully saturated rings. The Labute approximate surface area is 51.6 Å². The van der Waals surface area contributed by atoms with Crippen LogP contribution < -0.4 is 0 Å². The zero-order valence-electron chi connectivity index (χ0n) is 4.51. The van der Waals surface area contributed by atoms with Crippen molar-refractivity contribution >= 4 is 22.7 Å². The molecule has 0 N–H and O–H groups in total. The van der Waals surface area contributed by atoms with Crippen molar-refractivity contribution in [2.75, 3.05) is 0 Å². The van der Waals surface area contributed by atoms with Gasteiger partial charge in [-0.1, -0.05) is 11.8 Å². The van der Waals surface area contributed by atoms with Crippen LogP contribution in [0.3, 0.4) is 0 Å². The van der Waals surface area contributed by atoms with Crippen LogP contribution in [0.1, 0.15) is 13.3 Å². The second kappa shape index (κ2) is 1.90. The number of carbonyl (C=O) groups excluding carboxylic acids is 2. The van der Waals surface area contributed by atoms with Crippen LogP contribution in [0.2, 0.25) is 0 Å². The van der Waals surface area contributed by atoms with Crippen LogP contribution in [0.4, 0.5) is 0 Å². The summed E-state index contributed by atoms with van der Waals surface area (Å²) in [5, 5.41) is -0.0648. The van der Waals surface area contributed by atoms with Gasteiger partial charge in [0.1, 0.15) is 0 Å². The minimum atomic E-state index is -0.0810. The van der Waals surface area contributed by atoms with E-state index >= 15 is 0 Å². The molecule has 1 aliphatic heterocycles. The van der Waals surface area contributed by atoms with Crippen molar-refractivity contribution in [3.05, 3.63) is 0 Å². The molecule has 0 aromatic carbocycles. The Morgan fingerprint density at radius 2 is 2.25 bits per heavy atom. The van der Waals surface area contributed by atoms with E-state index in [1.165, 1.54) is 0 Å². The van der Waals surface area contributed by atoms with Gasteiger partial charge in [-0.15, -0.1) is 0 Å². The number of thioether (sulfide) groups is 1. The summed E-state index contributed by atoms with van der Waals surface area (Å²) in [6.45, 7) is 1.76. The van der Waals surface area contributed by atoms with Crippen molar-refractivity contribution in [2.24, 2.45) is 0 Å². The van der Waals surface area contributed by atoms with Crippen LogP contribution in [0, 0.1) is 0 Å². The summed E-state index contributed by atoms with van der Waals surface area (Å²) in [5.41, 5.74) is 0. The fraction of sp³-hybridized carbons (Fsp3) is 0.600. The molecule has 0 aromatic heterocycles. The van der Waals surface area contributed by atoms with Crippen molar-refractivity contribution in [3.63, 3.8) is 0 Å². The molecule has 3 heteroatoms. The monoisotopic (exact) mass is 130 g/mol. The van der Waals surface area contributed by atoms with Gasteiger partial charge in [-0.25, -0.2) is 0 Å². The van der Waals surface area contributed by atoms with Gasteiger partial charge in [0.15, 0.2) is 10.9 Å². The average Bonchev–Trinajstić information content (AvgIpc) is 1.85. The van der Waals surface area contributed by atoms with Crippen molar-refractivity contribution in [2.45, 2.75) is 18.6 Å². The highest BCUT2D eigenvalue weighted by Gasteiger charge is 2.27. The van der Waals surface area contributed by atoms with Gasteiger partial charge in [-0.2, -0.15) is 0 Å². The van der Waals surface area contributed by atoms with Gasteiger partial charge in [0.2, 0.25) is 0 Å². The van der Waals surface area contributed by atoms with Gasteiger partial charge < -0.3 is 0 Å². The predicted octanol–water partition coefficient (Wildman–Crippen LogP) is 0.607. The predicted molar refractivity (Wildman–Crippen MR) is 31.7 cm³/mol. The van der Waals surface area contributed by atoms with E-state index in [9.17, 15) is 9.59 Å². The molecule has 0 radical (unpaired) electrons. The SMILES string of the molecule is C[C@H]1SC(=O)CC1=O. The van der Waals surface area contributed by atoms with E-state index in [1.807, 2.05) is 0 Å². The van der Waals surface area contributed by atoms with Crippen molar-refractivity contribution < 1.29 is 9.59 Å². The Morgan fingerprint density at radius 3 is 2.38 bits per heavy atom. The Morgan fingerprint density at radius 1 is 1.62 bits per heavy atom. The molecule has 44 valence electrons. The van der Waals surface area contributed by atoms with Crippen LogP contribution in [-0.4, -0.2) is 16.1 Å². The van der Waals surface area contributed by atoms with Gasteiger partial charge in [-0.3, -0.25) is 9.59 Å². The highest BCUT2D eigenvalue weighted by molar-refractivity contribution is 8.15. The van der Waals surface area contributed by atoms with E-state index in [0.717, 1.165) is 11.8 Å². The fourth-order valence-electron chi connectivity index (χ4n) is 0.591. The lowest BCUT2D eigenvalue weighted by molar-refractivity contribution is -0.121. The average molecular weight is 130 g/mol. The van der Waals surface area contributed by atoms with E-state index in [0.29, 0.717) is 0 Å².